The first-order valence-corrected chi connectivity index (χ1v) is 10.0. The largest absolute Gasteiger partial charge is 0.302 e. The lowest BCUT2D eigenvalue weighted by molar-refractivity contribution is -0.113. The fraction of sp³-hybridized carbons (Fsp3) is 0.357. The van der Waals surface area contributed by atoms with Crippen molar-refractivity contribution in [1.82, 2.24) is 25.0 Å². The molecule has 3 rings (SSSR count). The Balaban J connectivity index is 1.72. The Kier molecular flexibility index (Phi) is 5.27. The maximum atomic E-state index is 12.0. The summed E-state index contributed by atoms with van der Waals surface area (Å²) in [5, 5.41) is 22.1. The maximum Gasteiger partial charge on any atom is 0.236 e. The van der Waals surface area contributed by atoms with Crippen LogP contribution in [0.4, 0.5) is 5.13 Å². The summed E-state index contributed by atoms with van der Waals surface area (Å²) in [6, 6.07) is 0. The lowest BCUT2D eigenvalue weighted by atomic mass is 10.1. The minimum atomic E-state index is -0.133. The second kappa shape index (κ2) is 7.41. The van der Waals surface area contributed by atoms with Gasteiger partial charge in [-0.05, 0) is 26.3 Å². The number of hydrogen-bond acceptors (Lipinski definition) is 8. The van der Waals surface area contributed by atoms with E-state index in [-0.39, 0.29) is 11.7 Å². The van der Waals surface area contributed by atoms with E-state index >= 15 is 0 Å². The van der Waals surface area contributed by atoms with E-state index in [4.69, 9.17) is 0 Å². The van der Waals surface area contributed by atoms with Gasteiger partial charge in [0.25, 0.3) is 0 Å². The van der Waals surface area contributed by atoms with Gasteiger partial charge in [0.15, 0.2) is 11.0 Å². The van der Waals surface area contributed by atoms with Crippen molar-refractivity contribution in [3.63, 3.8) is 0 Å². The van der Waals surface area contributed by atoms with Crippen LogP contribution < -0.4 is 5.32 Å². The van der Waals surface area contributed by atoms with Gasteiger partial charge in [0.1, 0.15) is 5.51 Å². The number of aryl methyl sites for hydroxylation is 1. The molecule has 7 nitrogen and oxygen atoms in total. The molecule has 1 N–H and O–H groups in total. The van der Waals surface area contributed by atoms with Crippen LogP contribution in [0.25, 0.3) is 11.4 Å². The summed E-state index contributed by atoms with van der Waals surface area (Å²) in [6.45, 7) is 6.99. The van der Waals surface area contributed by atoms with E-state index in [1.54, 1.807) is 16.8 Å². The van der Waals surface area contributed by atoms with Crippen molar-refractivity contribution in [3.8, 4) is 11.4 Å². The van der Waals surface area contributed by atoms with Gasteiger partial charge in [-0.15, -0.1) is 31.7 Å². The highest BCUT2D eigenvalue weighted by Gasteiger charge is 2.17. The molecular formula is C14H16N6OS3. The smallest absolute Gasteiger partial charge is 0.236 e. The number of carbonyl (C=O) groups is 1. The number of nitrogens with one attached hydrogen (secondary N) is 1. The van der Waals surface area contributed by atoms with Gasteiger partial charge in [-0.25, -0.2) is 0 Å². The summed E-state index contributed by atoms with van der Waals surface area (Å²) in [5.41, 5.74) is 3.91. The van der Waals surface area contributed by atoms with Crippen molar-refractivity contribution < 1.29 is 4.79 Å². The fourth-order valence-corrected chi connectivity index (χ4v) is 4.25. The molecule has 0 aliphatic carbocycles. The Labute approximate surface area is 151 Å². The van der Waals surface area contributed by atoms with Gasteiger partial charge in [0, 0.05) is 22.4 Å². The van der Waals surface area contributed by atoms with Crippen LogP contribution in [0.5, 0.6) is 0 Å². The topological polar surface area (TPSA) is 85.6 Å². The van der Waals surface area contributed by atoms with Gasteiger partial charge in [0.2, 0.25) is 11.0 Å². The number of carbonyl (C=O) groups excluding carboxylic acids is 1. The van der Waals surface area contributed by atoms with Crippen LogP contribution in [-0.4, -0.2) is 36.6 Å². The third kappa shape index (κ3) is 3.50. The average molecular weight is 381 g/mol. The zero-order valence-electron chi connectivity index (χ0n) is 13.4. The van der Waals surface area contributed by atoms with E-state index in [1.165, 1.54) is 33.5 Å². The van der Waals surface area contributed by atoms with Crippen molar-refractivity contribution in [2.24, 2.45) is 0 Å². The van der Waals surface area contributed by atoms with Crippen LogP contribution in [0, 0.1) is 13.8 Å². The number of aromatic nitrogens is 5. The molecule has 126 valence electrons. The molecule has 3 heterocycles. The molecule has 10 heteroatoms. The molecular weight excluding hydrogens is 364 g/mol. The molecule has 0 atom stereocenters. The fourth-order valence-electron chi connectivity index (χ4n) is 2.13. The molecule has 24 heavy (non-hydrogen) atoms. The van der Waals surface area contributed by atoms with E-state index < -0.39 is 0 Å². The van der Waals surface area contributed by atoms with Crippen LogP contribution in [0.3, 0.4) is 0 Å². The minimum Gasteiger partial charge on any atom is -0.302 e. The minimum absolute atomic E-state index is 0.133. The van der Waals surface area contributed by atoms with E-state index in [9.17, 15) is 4.79 Å². The Bertz CT molecular complexity index is 839. The van der Waals surface area contributed by atoms with Crippen LogP contribution in [-0.2, 0) is 11.3 Å². The van der Waals surface area contributed by atoms with Gasteiger partial charge >= 0.3 is 0 Å². The Morgan fingerprint density at radius 1 is 1.29 bits per heavy atom. The number of nitrogens with zero attached hydrogens (tertiary/aromatic N) is 5. The Morgan fingerprint density at radius 3 is 2.75 bits per heavy atom. The molecule has 0 saturated carbocycles. The second-order valence-corrected chi connectivity index (χ2v) is 7.82. The summed E-state index contributed by atoms with van der Waals surface area (Å²) in [6.07, 6.45) is 0. The number of rotatable bonds is 6. The molecule has 0 aromatic carbocycles. The molecule has 0 aliphatic rings. The summed E-state index contributed by atoms with van der Waals surface area (Å²) >= 11 is 4.37. The zero-order valence-corrected chi connectivity index (χ0v) is 15.9. The Morgan fingerprint density at radius 2 is 2.12 bits per heavy atom. The third-order valence-electron chi connectivity index (χ3n) is 3.50. The lowest BCUT2D eigenvalue weighted by Crippen LogP contribution is -2.14. The predicted octanol–water partition coefficient (Wildman–Crippen LogP) is 3.23. The van der Waals surface area contributed by atoms with Crippen LogP contribution in [0.2, 0.25) is 0 Å². The van der Waals surface area contributed by atoms with Crippen LogP contribution >= 0.6 is 34.4 Å². The highest BCUT2D eigenvalue weighted by atomic mass is 32.2. The van der Waals surface area contributed by atoms with E-state index in [0.29, 0.717) is 5.13 Å². The first kappa shape index (κ1) is 17.1. The van der Waals surface area contributed by atoms with Crippen molar-refractivity contribution in [2.45, 2.75) is 32.5 Å². The molecule has 0 bridgehead atoms. The number of thioether (sulfide) groups is 1. The third-order valence-corrected chi connectivity index (χ3v) is 6.09. The maximum absolute atomic E-state index is 12.0. The highest BCUT2D eigenvalue weighted by molar-refractivity contribution is 7.99. The summed E-state index contributed by atoms with van der Waals surface area (Å²) < 4.78 is 2.04. The molecule has 0 spiro atoms. The van der Waals surface area contributed by atoms with E-state index in [0.717, 1.165) is 23.1 Å². The molecule has 3 aromatic heterocycles. The van der Waals surface area contributed by atoms with E-state index in [1.807, 2.05) is 11.5 Å². The molecule has 1 amide bonds. The van der Waals surface area contributed by atoms with Crippen molar-refractivity contribution in [3.05, 3.63) is 21.3 Å². The second-order valence-electron chi connectivity index (χ2n) is 4.96. The first-order chi connectivity index (χ1) is 11.6. The van der Waals surface area contributed by atoms with E-state index in [2.05, 4.69) is 44.9 Å². The number of amides is 1. The monoisotopic (exact) mass is 380 g/mol. The zero-order chi connectivity index (χ0) is 17.1. The number of anilines is 1. The standard InChI is InChI=1S/C14H16N6OS3/c1-4-20-12(10-5-22-9(3)8(10)2)17-19-14(20)23-6-11(21)16-13-18-15-7-24-13/h5,7H,4,6H2,1-3H3,(H,16,18,21). The average Bonchev–Trinajstić information content (AvgIpc) is 3.28. The molecule has 0 aliphatic heterocycles. The van der Waals surface area contributed by atoms with Crippen molar-refractivity contribution in [1.29, 1.82) is 0 Å². The van der Waals surface area contributed by atoms with Gasteiger partial charge in [-0.1, -0.05) is 23.1 Å². The predicted molar refractivity (Wildman–Crippen MR) is 97.7 cm³/mol. The number of hydrogen-bond donors (Lipinski definition) is 1. The molecule has 0 saturated heterocycles. The normalized spacial score (nSPS) is 11.0. The quantitative estimate of drug-likeness (QED) is 0.661. The summed E-state index contributed by atoms with van der Waals surface area (Å²) in [7, 11) is 0. The molecule has 3 aromatic rings. The van der Waals surface area contributed by atoms with Gasteiger partial charge < -0.3 is 4.57 Å². The van der Waals surface area contributed by atoms with Gasteiger partial charge in [0.05, 0.1) is 5.75 Å². The van der Waals surface area contributed by atoms with Crippen molar-refractivity contribution in [2.75, 3.05) is 11.1 Å². The van der Waals surface area contributed by atoms with Crippen molar-refractivity contribution >= 4 is 45.5 Å². The molecule has 0 radical (unpaired) electrons. The van der Waals surface area contributed by atoms with Crippen LogP contribution in [0.15, 0.2) is 16.0 Å². The van der Waals surface area contributed by atoms with Crippen LogP contribution in [0.1, 0.15) is 17.4 Å². The van der Waals surface area contributed by atoms with Gasteiger partial charge in [-0.2, -0.15) is 0 Å². The molecule has 0 unspecified atom stereocenters. The molecule has 0 fully saturated rings. The first-order valence-electron chi connectivity index (χ1n) is 7.27. The Hall–Kier alpha value is -1.78. The summed E-state index contributed by atoms with van der Waals surface area (Å²) in [4.78, 5) is 13.2. The lowest BCUT2D eigenvalue weighted by Gasteiger charge is -2.07. The van der Waals surface area contributed by atoms with Gasteiger partial charge in [-0.3, -0.25) is 10.1 Å². The highest BCUT2D eigenvalue weighted by Crippen LogP contribution is 2.31. The summed E-state index contributed by atoms with van der Waals surface area (Å²) in [5.74, 6) is 0.970. The number of thiophene rings is 1. The SMILES string of the molecule is CCn1c(SCC(=O)Nc2nncs2)nnc1-c1csc(C)c1C.